The van der Waals surface area contributed by atoms with Crippen molar-refractivity contribution in [3.8, 4) is 5.75 Å². The minimum Gasteiger partial charge on any atom is -0.489 e. The van der Waals surface area contributed by atoms with Crippen molar-refractivity contribution in [2.75, 3.05) is 32.9 Å². The number of anilines is 1. The van der Waals surface area contributed by atoms with Crippen LogP contribution in [0.25, 0.3) is 0 Å². The Balaban J connectivity index is -0.000000373. The summed E-state index contributed by atoms with van der Waals surface area (Å²) in [5.41, 5.74) is 11.5. The van der Waals surface area contributed by atoms with E-state index in [9.17, 15) is 34.1 Å². The molecular weight excluding hydrogens is 754 g/mol. The lowest BCUT2D eigenvalue weighted by Gasteiger charge is -2.20. The molecule has 0 bridgehead atoms. The van der Waals surface area contributed by atoms with Crippen LogP contribution >= 0.6 is 0 Å². The second kappa shape index (κ2) is 42.0. The number of hydrogen-bond donors (Lipinski definition) is 6. The Morgan fingerprint density at radius 2 is 1.50 bits per heavy atom. The molecule has 0 spiro atoms. The van der Waals surface area contributed by atoms with Crippen LogP contribution < -0.4 is 32.2 Å². The molecule has 1 unspecified atom stereocenters. The van der Waals surface area contributed by atoms with E-state index < -0.39 is 11.0 Å². The number of primary amides is 1. The first kappa shape index (κ1) is 58.5. The number of nitrogens with two attached hydrogens (primary N) is 2. The highest BCUT2D eigenvalue weighted by Gasteiger charge is 2.22. The van der Waals surface area contributed by atoms with Crippen molar-refractivity contribution in [2.24, 2.45) is 11.7 Å². The number of unbranched alkanes of at least 4 members (excludes halogenated alkanes) is 4. The molecule has 0 aliphatic rings. The first-order valence-electron chi connectivity index (χ1n) is 18.7. The summed E-state index contributed by atoms with van der Waals surface area (Å²) in [6.45, 7) is 11.0. The molecule has 0 aromatic heterocycles. The van der Waals surface area contributed by atoms with E-state index in [0.29, 0.717) is 63.1 Å². The lowest BCUT2D eigenvalue weighted by molar-refractivity contribution is -0.384. The van der Waals surface area contributed by atoms with Gasteiger partial charge in [0.15, 0.2) is 0 Å². The zero-order valence-corrected chi connectivity index (χ0v) is 34.9. The predicted octanol–water partition coefficient (Wildman–Crippen LogP) is 4.15. The molecule has 5 amide bonds. The minimum atomic E-state index is -0.536. The minimum absolute atomic E-state index is 0.00711. The van der Waals surface area contributed by atoms with Crippen LogP contribution in [0.4, 0.5) is 11.4 Å². The maximum absolute atomic E-state index is 11.9. The fraction of sp³-hybridized carbons (Fsp3) is 0.475. The molecule has 58 heavy (non-hydrogen) atoms. The molecule has 1 atom stereocenters. The molecule has 0 fully saturated rings. The molecule has 2 rings (SSSR count). The summed E-state index contributed by atoms with van der Waals surface area (Å²) < 4.78 is 5.50. The molecule has 18 nitrogen and oxygen atoms in total. The molecule has 18 heteroatoms. The summed E-state index contributed by atoms with van der Waals surface area (Å²) in [5.74, 6) is -0.113. The van der Waals surface area contributed by atoms with Crippen molar-refractivity contribution < 1.29 is 48.3 Å². The lowest BCUT2D eigenvalue weighted by Crippen LogP contribution is -2.48. The molecule has 0 aliphatic heterocycles. The number of ether oxygens (including phenoxy) is 1. The van der Waals surface area contributed by atoms with Gasteiger partial charge in [-0.3, -0.25) is 43.8 Å². The Morgan fingerprint density at radius 1 is 0.931 bits per heavy atom. The Bertz CT molecular complexity index is 1420. The van der Waals surface area contributed by atoms with Gasteiger partial charge in [0, 0.05) is 44.3 Å². The SMILES string of the molecule is C/C=C\C(=O)N(C=O)CCCCCC(=O)NC(C(=O)NC)C(C)C.CC.CNCCCCC=O.NC=O.Nc1ccc(COc2ccc([N+](=O)[O-])cc2)cc1.O=CO. The number of nitrogen functional groups attached to an aromatic ring is 1. The number of allylic oxidation sites excluding steroid dienone is 1. The molecule has 0 saturated heterocycles. The average Bonchev–Trinajstić information content (AvgIpc) is 3.21. The van der Waals surface area contributed by atoms with E-state index in [1.807, 2.05) is 46.9 Å². The zero-order valence-electron chi connectivity index (χ0n) is 34.9. The summed E-state index contributed by atoms with van der Waals surface area (Å²) in [5, 5.41) is 25.6. The number of nitrogens with zero attached hydrogens (tertiary/aromatic N) is 2. The van der Waals surface area contributed by atoms with Crippen LogP contribution in [-0.2, 0) is 40.2 Å². The number of aldehydes is 1. The molecule has 2 aromatic carbocycles. The van der Waals surface area contributed by atoms with Crippen LogP contribution in [0.5, 0.6) is 5.75 Å². The van der Waals surface area contributed by atoms with Gasteiger partial charge in [-0.25, -0.2) is 0 Å². The largest absolute Gasteiger partial charge is 0.489 e. The van der Waals surface area contributed by atoms with E-state index in [4.69, 9.17) is 25.2 Å². The summed E-state index contributed by atoms with van der Waals surface area (Å²) in [6.07, 6.45) is 9.79. The molecule has 0 heterocycles. The second-order valence-electron chi connectivity index (χ2n) is 11.6. The van der Waals surface area contributed by atoms with E-state index in [1.54, 1.807) is 37.3 Å². The van der Waals surface area contributed by atoms with Crippen molar-refractivity contribution in [3.05, 3.63) is 76.4 Å². The number of nitro benzene ring substituents is 1. The van der Waals surface area contributed by atoms with Gasteiger partial charge in [0.1, 0.15) is 24.7 Å². The normalized spacial score (nSPS) is 9.86. The number of imide groups is 1. The number of likely N-dealkylation sites (N-methyl/N-ethyl adjacent to an activating group) is 1. The van der Waals surface area contributed by atoms with Gasteiger partial charge in [-0.1, -0.05) is 52.3 Å². The molecule has 2 aromatic rings. The second-order valence-corrected chi connectivity index (χ2v) is 11.6. The van der Waals surface area contributed by atoms with Crippen LogP contribution in [-0.4, -0.2) is 91.5 Å². The van der Waals surface area contributed by atoms with Crippen LogP contribution in [0.2, 0.25) is 0 Å². The fourth-order valence-electron chi connectivity index (χ4n) is 4.11. The molecular formula is C40H65N7O11. The Kier molecular flexibility index (Phi) is 42.4. The summed E-state index contributed by atoms with van der Waals surface area (Å²) >= 11 is 0. The number of nitrogens with one attached hydrogen (secondary N) is 3. The number of nitro groups is 1. The van der Waals surface area contributed by atoms with Gasteiger partial charge in [0.05, 0.1) is 4.92 Å². The molecule has 326 valence electrons. The van der Waals surface area contributed by atoms with E-state index in [2.05, 4.69) is 21.7 Å². The molecule has 0 radical (unpaired) electrons. The lowest BCUT2D eigenvalue weighted by atomic mass is 10.0. The number of benzene rings is 2. The van der Waals surface area contributed by atoms with Gasteiger partial charge in [-0.15, -0.1) is 0 Å². The zero-order chi connectivity index (χ0) is 45.1. The van der Waals surface area contributed by atoms with Crippen molar-refractivity contribution in [1.82, 2.24) is 20.9 Å². The van der Waals surface area contributed by atoms with Crippen molar-refractivity contribution in [1.29, 1.82) is 0 Å². The number of carbonyl (C=O) groups is 7. The Labute approximate surface area is 342 Å². The predicted molar refractivity (Wildman–Crippen MR) is 224 cm³/mol. The van der Waals surface area contributed by atoms with E-state index in [-0.39, 0.29) is 42.2 Å². The van der Waals surface area contributed by atoms with Gasteiger partial charge in [0.25, 0.3) is 18.1 Å². The Morgan fingerprint density at radius 3 is 1.95 bits per heavy atom. The summed E-state index contributed by atoms with van der Waals surface area (Å²) in [4.78, 5) is 83.8. The first-order valence-corrected chi connectivity index (χ1v) is 18.7. The van der Waals surface area contributed by atoms with Gasteiger partial charge in [0.2, 0.25) is 24.6 Å². The van der Waals surface area contributed by atoms with E-state index >= 15 is 0 Å². The van der Waals surface area contributed by atoms with E-state index in [1.165, 1.54) is 25.3 Å². The first-order chi connectivity index (χ1) is 27.8. The highest BCUT2D eigenvalue weighted by molar-refractivity contribution is 5.94. The third-order valence-corrected chi connectivity index (χ3v) is 6.97. The van der Waals surface area contributed by atoms with Gasteiger partial charge in [-0.05, 0) is 88.0 Å². The number of hydrogen-bond acceptors (Lipinski definition) is 12. The van der Waals surface area contributed by atoms with Crippen molar-refractivity contribution in [2.45, 2.75) is 92.2 Å². The maximum atomic E-state index is 11.9. The van der Waals surface area contributed by atoms with Crippen molar-refractivity contribution in [3.63, 3.8) is 0 Å². The van der Waals surface area contributed by atoms with Crippen LogP contribution in [0.1, 0.15) is 85.1 Å². The van der Waals surface area contributed by atoms with Crippen LogP contribution in [0.15, 0.2) is 60.7 Å². The maximum Gasteiger partial charge on any atom is 0.290 e. The van der Waals surface area contributed by atoms with E-state index in [0.717, 1.165) is 36.1 Å². The smallest absolute Gasteiger partial charge is 0.290 e. The van der Waals surface area contributed by atoms with Crippen LogP contribution in [0, 0.1) is 16.0 Å². The number of amides is 5. The number of rotatable bonds is 20. The molecule has 0 aliphatic carbocycles. The standard InChI is InChI=1S/C17H29N3O4.C13H12N2O3.C6H13NO.C2H6.CH3NO.CH2O2/c1-5-9-15(23)20(12-21)11-8-6-7-10-14(22)19-16(13(2)3)17(24)18-4;14-11-3-1-10(2-4-11)9-18-13-7-5-12(6-8-13)15(16)17;1-7-5-3-2-4-6-8;1-2;2*2-1-3/h5,9,12-13,16H,6-8,10-11H2,1-4H3,(H,18,24)(H,19,22);1-8H,9,14H2;6-7H,2-5H2,1H3;1-2H3;1H,(H2,2,3);1H,(H,2,3)/b9-5-;;;;;. The van der Waals surface area contributed by atoms with Gasteiger partial charge >= 0.3 is 0 Å². The summed E-state index contributed by atoms with van der Waals surface area (Å²) in [6, 6.07) is 12.8. The average molecular weight is 820 g/mol. The number of carbonyl (C=O) groups excluding carboxylic acids is 6. The molecule has 0 saturated carbocycles. The number of carboxylic acid groups (broad SMARTS) is 1. The van der Waals surface area contributed by atoms with Crippen LogP contribution in [0.3, 0.4) is 0 Å². The topological polar surface area (TPSA) is 283 Å². The highest BCUT2D eigenvalue weighted by atomic mass is 16.6. The van der Waals surface area contributed by atoms with Crippen molar-refractivity contribution >= 4 is 54.7 Å². The third kappa shape index (κ3) is 34.3. The molecule has 8 N–H and O–H groups in total. The highest BCUT2D eigenvalue weighted by Crippen LogP contribution is 2.18. The quantitative estimate of drug-likeness (QED) is 0.0274. The number of non-ortho nitro benzene ring substituents is 1. The third-order valence-electron chi connectivity index (χ3n) is 6.97. The summed E-state index contributed by atoms with van der Waals surface area (Å²) in [7, 11) is 3.46. The van der Waals surface area contributed by atoms with Gasteiger partial charge < -0.3 is 42.1 Å². The monoisotopic (exact) mass is 819 g/mol. The van der Waals surface area contributed by atoms with Gasteiger partial charge in [-0.2, -0.15) is 0 Å². The Hall–Kier alpha value is -6.17. The fourth-order valence-corrected chi connectivity index (χ4v) is 4.11.